The smallest absolute Gasteiger partial charge is 0.196 e. The molecule has 0 aliphatic heterocycles. The van der Waals surface area contributed by atoms with Gasteiger partial charge in [0.15, 0.2) is 5.78 Å². The van der Waals surface area contributed by atoms with Gasteiger partial charge in [0.05, 0.1) is 11.7 Å². The molecule has 0 spiro atoms. The van der Waals surface area contributed by atoms with E-state index in [4.69, 9.17) is 4.74 Å². The first kappa shape index (κ1) is 15.0. The van der Waals surface area contributed by atoms with Gasteiger partial charge in [-0.2, -0.15) is 0 Å². The lowest BCUT2D eigenvalue weighted by atomic mass is 10.0. The van der Waals surface area contributed by atoms with Crippen molar-refractivity contribution in [2.75, 3.05) is 11.9 Å². The van der Waals surface area contributed by atoms with Gasteiger partial charge in [-0.15, -0.1) is 0 Å². The second-order valence-corrected chi connectivity index (χ2v) is 4.95. The number of rotatable bonds is 6. The van der Waals surface area contributed by atoms with Gasteiger partial charge in [0.2, 0.25) is 0 Å². The van der Waals surface area contributed by atoms with E-state index in [1.165, 1.54) is 0 Å². The standard InChI is InChI=1S/C17H20N2O2/c1-4-18-17-15(9-6-10-19-17)16(20)13-7-5-8-14(11-13)21-12(2)3/h5-12H,4H2,1-3H3,(H,18,19). The second kappa shape index (κ2) is 6.88. The van der Waals surface area contributed by atoms with Crippen LogP contribution >= 0.6 is 0 Å². The van der Waals surface area contributed by atoms with Crippen molar-refractivity contribution in [2.45, 2.75) is 26.9 Å². The number of ether oxygens (including phenoxy) is 1. The van der Waals surface area contributed by atoms with Crippen molar-refractivity contribution in [2.24, 2.45) is 0 Å². The molecule has 0 aliphatic carbocycles. The van der Waals surface area contributed by atoms with Gasteiger partial charge in [-0.3, -0.25) is 4.79 Å². The minimum atomic E-state index is -0.0618. The second-order valence-electron chi connectivity index (χ2n) is 4.95. The monoisotopic (exact) mass is 284 g/mol. The molecule has 0 unspecified atom stereocenters. The summed E-state index contributed by atoms with van der Waals surface area (Å²) in [5.41, 5.74) is 1.17. The third-order valence-corrected chi connectivity index (χ3v) is 2.86. The van der Waals surface area contributed by atoms with Gasteiger partial charge in [0.1, 0.15) is 11.6 Å². The van der Waals surface area contributed by atoms with Crippen LogP contribution in [0.4, 0.5) is 5.82 Å². The Labute approximate surface area is 125 Å². The van der Waals surface area contributed by atoms with Crippen molar-refractivity contribution in [1.29, 1.82) is 0 Å². The third kappa shape index (κ3) is 3.81. The zero-order chi connectivity index (χ0) is 15.2. The summed E-state index contributed by atoms with van der Waals surface area (Å²) in [6, 6.07) is 10.8. The van der Waals surface area contributed by atoms with Gasteiger partial charge in [0, 0.05) is 18.3 Å². The topological polar surface area (TPSA) is 51.2 Å². The van der Waals surface area contributed by atoms with Crippen molar-refractivity contribution in [1.82, 2.24) is 4.98 Å². The Bertz CT molecular complexity index is 624. The van der Waals surface area contributed by atoms with E-state index in [-0.39, 0.29) is 11.9 Å². The van der Waals surface area contributed by atoms with Crippen LogP contribution in [0, 0.1) is 0 Å². The third-order valence-electron chi connectivity index (χ3n) is 2.86. The number of pyridine rings is 1. The number of nitrogens with one attached hydrogen (secondary N) is 1. The van der Waals surface area contributed by atoms with E-state index in [1.54, 1.807) is 30.5 Å². The van der Waals surface area contributed by atoms with Crippen LogP contribution < -0.4 is 10.1 Å². The van der Waals surface area contributed by atoms with E-state index in [0.29, 0.717) is 29.2 Å². The zero-order valence-electron chi connectivity index (χ0n) is 12.6. The molecular formula is C17H20N2O2. The minimum absolute atomic E-state index is 0.0618. The first-order chi connectivity index (χ1) is 10.1. The highest BCUT2D eigenvalue weighted by atomic mass is 16.5. The molecule has 110 valence electrons. The van der Waals surface area contributed by atoms with E-state index in [9.17, 15) is 4.79 Å². The van der Waals surface area contributed by atoms with Gasteiger partial charge in [-0.1, -0.05) is 12.1 Å². The zero-order valence-corrected chi connectivity index (χ0v) is 12.6. The summed E-state index contributed by atoms with van der Waals surface area (Å²) in [6.07, 6.45) is 1.75. The van der Waals surface area contributed by atoms with Crippen LogP contribution in [0.15, 0.2) is 42.6 Å². The van der Waals surface area contributed by atoms with Gasteiger partial charge >= 0.3 is 0 Å². The fraction of sp³-hybridized carbons (Fsp3) is 0.294. The van der Waals surface area contributed by atoms with Crippen LogP contribution in [0.2, 0.25) is 0 Å². The number of aromatic nitrogens is 1. The van der Waals surface area contributed by atoms with E-state index in [2.05, 4.69) is 10.3 Å². The Balaban J connectivity index is 2.32. The Morgan fingerprint density at radius 3 is 2.81 bits per heavy atom. The largest absolute Gasteiger partial charge is 0.491 e. The molecule has 4 heteroatoms. The maximum absolute atomic E-state index is 12.6. The molecule has 0 saturated carbocycles. The predicted octanol–water partition coefficient (Wildman–Crippen LogP) is 3.53. The van der Waals surface area contributed by atoms with Crippen LogP contribution in [0.25, 0.3) is 0 Å². The summed E-state index contributed by atoms with van der Waals surface area (Å²) in [7, 11) is 0. The van der Waals surface area contributed by atoms with Crippen molar-refractivity contribution >= 4 is 11.6 Å². The summed E-state index contributed by atoms with van der Waals surface area (Å²) >= 11 is 0. The highest BCUT2D eigenvalue weighted by Gasteiger charge is 2.14. The maximum atomic E-state index is 12.6. The molecule has 0 aliphatic rings. The summed E-state index contributed by atoms with van der Waals surface area (Å²) in [5, 5.41) is 3.11. The first-order valence-corrected chi connectivity index (χ1v) is 7.12. The summed E-state index contributed by atoms with van der Waals surface area (Å²) in [6.45, 7) is 6.60. The number of carbonyl (C=O) groups is 1. The van der Waals surface area contributed by atoms with Crippen molar-refractivity contribution in [3.63, 3.8) is 0 Å². The molecule has 0 radical (unpaired) electrons. The number of nitrogens with zero attached hydrogens (tertiary/aromatic N) is 1. The molecule has 0 fully saturated rings. The lowest BCUT2D eigenvalue weighted by molar-refractivity contribution is 0.103. The Morgan fingerprint density at radius 2 is 2.10 bits per heavy atom. The molecule has 0 saturated heterocycles. The molecule has 4 nitrogen and oxygen atoms in total. The van der Waals surface area contributed by atoms with Gasteiger partial charge < -0.3 is 10.1 Å². The average molecular weight is 284 g/mol. The van der Waals surface area contributed by atoms with Gasteiger partial charge in [-0.25, -0.2) is 4.98 Å². The highest BCUT2D eigenvalue weighted by molar-refractivity contribution is 6.12. The Morgan fingerprint density at radius 1 is 1.29 bits per heavy atom. The van der Waals surface area contributed by atoms with Gasteiger partial charge in [0.25, 0.3) is 0 Å². The maximum Gasteiger partial charge on any atom is 0.196 e. The summed E-state index contributed by atoms with van der Waals surface area (Å²) < 4.78 is 5.64. The minimum Gasteiger partial charge on any atom is -0.491 e. The molecule has 21 heavy (non-hydrogen) atoms. The average Bonchev–Trinajstić information content (AvgIpc) is 2.47. The van der Waals surface area contributed by atoms with E-state index >= 15 is 0 Å². The van der Waals surface area contributed by atoms with Crippen LogP contribution in [-0.2, 0) is 0 Å². The predicted molar refractivity (Wildman–Crippen MR) is 84.0 cm³/mol. The molecule has 0 bridgehead atoms. The lowest BCUT2D eigenvalue weighted by Gasteiger charge is -2.12. The molecule has 0 atom stereocenters. The number of carbonyl (C=O) groups excluding carboxylic acids is 1. The van der Waals surface area contributed by atoms with E-state index in [0.717, 1.165) is 0 Å². The van der Waals surface area contributed by atoms with Crippen LogP contribution in [0.3, 0.4) is 0 Å². The molecule has 1 aromatic heterocycles. The number of hydrogen-bond acceptors (Lipinski definition) is 4. The number of ketones is 1. The van der Waals surface area contributed by atoms with Crippen LogP contribution in [-0.4, -0.2) is 23.4 Å². The fourth-order valence-electron chi connectivity index (χ4n) is 2.04. The fourth-order valence-corrected chi connectivity index (χ4v) is 2.04. The highest BCUT2D eigenvalue weighted by Crippen LogP contribution is 2.20. The number of anilines is 1. The van der Waals surface area contributed by atoms with Crippen molar-refractivity contribution in [3.05, 3.63) is 53.7 Å². The van der Waals surface area contributed by atoms with Crippen LogP contribution in [0.1, 0.15) is 36.7 Å². The van der Waals surface area contributed by atoms with Crippen LogP contribution in [0.5, 0.6) is 5.75 Å². The molecule has 1 N–H and O–H groups in total. The number of benzene rings is 1. The normalized spacial score (nSPS) is 10.5. The summed E-state index contributed by atoms with van der Waals surface area (Å²) in [5.74, 6) is 1.25. The van der Waals surface area contributed by atoms with Gasteiger partial charge in [-0.05, 0) is 45.0 Å². The van der Waals surface area contributed by atoms with Crippen molar-refractivity contribution in [3.8, 4) is 5.75 Å². The van der Waals surface area contributed by atoms with Crippen molar-refractivity contribution < 1.29 is 9.53 Å². The Kier molecular flexibility index (Phi) is 4.93. The summed E-state index contributed by atoms with van der Waals surface area (Å²) in [4.78, 5) is 16.9. The Hall–Kier alpha value is -2.36. The molecular weight excluding hydrogens is 264 g/mol. The first-order valence-electron chi connectivity index (χ1n) is 7.12. The molecule has 0 amide bonds. The number of hydrogen-bond donors (Lipinski definition) is 1. The lowest BCUT2D eigenvalue weighted by Crippen LogP contribution is -2.10. The molecule has 1 heterocycles. The van der Waals surface area contributed by atoms with E-state index in [1.807, 2.05) is 32.9 Å². The quantitative estimate of drug-likeness (QED) is 0.824. The molecule has 2 rings (SSSR count). The molecule has 1 aromatic carbocycles. The van der Waals surface area contributed by atoms with E-state index < -0.39 is 0 Å². The SMILES string of the molecule is CCNc1ncccc1C(=O)c1cccc(OC(C)C)c1. The molecule has 2 aromatic rings.